The number of aliphatic hydroxyl groups excluding tert-OH is 1. The van der Waals surface area contributed by atoms with Crippen molar-refractivity contribution < 1.29 is 46.3 Å². The third kappa shape index (κ3) is 7.45. The Hall–Kier alpha value is -4.96. The molecule has 2 N–H and O–H groups in total. The lowest BCUT2D eigenvalue weighted by atomic mass is 9.99. The zero-order chi connectivity index (χ0) is 35.5. The van der Waals surface area contributed by atoms with Gasteiger partial charge in [0.15, 0.2) is 29.6 Å². The minimum atomic E-state index is -2.37. The lowest BCUT2D eigenvalue weighted by Gasteiger charge is -2.41. The van der Waals surface area contributed by atoms with Crippen molar-refractivity contribution in [1.82, 2.24) is 4.90 Å². The first-order chi connectivity index (χ1) is 24.0. The van der Waals surface area contributed by atoms with Crippen LogP contribution in [0, 0.1) is 39.2 Å². The Labute approximate surface area is 282 Å². The first-order valence-electron chi connectivity index (χ1n) is 15.7. The Balaban J connectivity index is 1.18. The number of nitro benzene ring substituents is 1. The highest BCUT2D eigenvalue weighted by molar-refractivity contribution is 6.04. The number of halogens is 5. The molecule has 4 aromatic rings. The predicted octanol–water partition coefficient (Wildman–Crippen LogP) is 6.40. The SMILES string of the molecule is O=C(Nc1cccc(C2OC(CN3CCN(c4ccc([N+](=O)[O-])cc4)CC3)CC(c3ccc(CO)cc3)O2)c1)c1c(F)c(F)c(F)c(F)c1F. The number of anilines is 2. The van der Waals surface area contributed by atoms with E-state index in [9.17, 15) is 42.0 Å². The van der Waals surface area contributed by atoms with E-state index in [1.54, 1.807) is 30.3 Å². The third-order valence-corrected chi connectivity index (χ3v) is 8.73. The number of ether oxygens (including phenoxy) is 2. The van der Waals surface area contributed by atoms with Gasteiger partial charge in [-0.3, -0.25) is 19.8 Å². The number of carbonyl (C=O) groups is 1. The number of hydrogen-bond donors (Lipinski definition) is 2. The van der Waals surface area contributed by atoms with Gasteiger partial charge in [0.25, 0.3) is 11.6 Å². The minimum Gasteiger partial charge on any atom is -0.392 e. The van der Waals surface area contributed by atoms with Gasteiger partial charge in [-0.05, 0) is 35.4 Å². The highest BCUT2D eigenvalue weighted by atomic mass is 19.2. The van der Waals surface area contributed by atoms with E-state index in [1.807, 2.05) is 12.1 Å². The zero-order valence-electron chi connectivity index (χ0n) is 26.3. The lowest BCUT2D eigenvalue weighted by molar-refractivity contribution is -0.384. The van der Waals surface area contributed by atoms with E-state index in [0.29, 0.717) is 44.7 Å². The van der Waals surface area contributed by atoms with Crippen LogP contribution in [0.1, 0.15) is 45.9 Å². The van der Waals surface area contributed by atoms with Gasteiger partial charge >= 0.3 is 0 Å². The number of rotatable bonds is 9. The molecule has 0 saturated carbocycles. The number of benzene rings is 4. The van der Waals surface area contributed by atoms with Gasteiger partial charge in [0.2, 0.25) is 5.82 Å². The van der Waals surface area contributed by atoms with Crippen molar-refractivity contribution in [2.24, 2.45) is 0 Å². The molecule has 1 amide bonds. The number of amides is 1. The van der Waals surface area contributed by atoms with E-state index in [-0.39, 0.29) is 24.1 Å². The second-order valence-electron chi connectivity index (χ2n) is 11.9. The number of nitrogens with zero attached hydrogens (tertiary/aromatic N) is 3. The third-order valence-electron chi connectivity index (χ3n) is 8.73. The van der Waals surface area contributed by atoms with Crippen molar-refractivity contribution in [2.45, 2.75) is 31.5 Å². The molecule has 15 heteroatoms. The van der Waals surface area contributed by atoms with Crippen LogP contribution in [0.15, 0.2) is 72.8 Å². The highest BCUT2D eigenvalue weighted by Gasteiger charge is 2.35. The minimum absolute atomic E-state index is 0.00280. The summed E-state index contributed by atoms with van der Waals surface area (Å²) in [5, 5.41) is 22.7. The zero-order valence-corrected chi connectivity index (χ0v) is 26.3. The molecule has 6 rings (SSSR count). The van der Waals surface area contributed by atoms with Crippen molar-refractivity contribution in [2.75, 3.05) is 42.9 Å². The summed E-state index contributed by atoms with van der Waals surface area (Å²) in [4.78, 5) is 27.7. The molecule has 2 fully saturated rings. The fourth-order valence-corrected chi connectivity index (χ4v) is 6.06. The molecule has 2 aliphatic rings. The fourth-order valence-electron chi connectivity index (χ4n) is 6.06. The van der Waals surface area contributed by atoms with E-state index >= 15 is 0 Å². The van der Waals surface area contributed by atoms with Crippen LogP contribution in [-0.4, -0.2) is 59.7 Å². The van der Waals surface area contributed by atoms with Gasteiger partial charge in [0.05, 0.1) is 23.7 Å². The number of hydrogen-bond acceptors (Lipinski definition) is 8. The summed E-state index contributed by atoms with van der Waals surface area (Å²) in [6.07, 6.45) is -1.27. The molecule has 0 aromatic heterocycles. The summed E-state index contributed by atoms with van der Waals surface area (Å²) in [7, 11) is 0. The Morgan fingerprint density at radius 1 is 0.840 bits per heavy atom. The highest BCUT2D eigenvalue weighted by Crippen LogP contribution is 2.39. The van der Waals surface area contributed by atoms with Crippen LogP contribution in [0.25, 0.3) is 0 Å². The first kappa shape index (κ1) is 34.9. The quantitative estimate of drug-likeness (QED) is 0.0678. The molecule has 0 radical (unpaired) electrons. The largest absolute Gasteiger partial charge is 0.392 e. The van der Waals surface area contributed by atoms with Crippen LogP contribution >= 0.6 is 0 Å². The maximum Gasteiger partial charge on any atom is 0.269 e. The van der Waals surface area contributed by atoms with Crippen LogP contribution < -0.4 is 10.2 Å². The molecule has 4 aromatic carbocycles. The predicted molar refractivity (Wildman–Crippen MR) is 171 cm³/mol. The van der Waals surface area contributed by atoms with Crippen molar-refractivity contribution in [3.8, 4) is 0 Å². The van der Waals surface area contributed by atoms with Crippen molar-refractivity contribution in [3.05, 3.63) is 134 Å². The van der Waals surface area contributed by atoms with Gasteiger partial charge in [-0.25, -0.2) is 22.0 Å². The first-order valence-corrected chi connectivity index (χ1v) is 15.7. The van der Waals surface area contributed by atoms with Crippen molar-refractivity contribution in [3.63, 3.8) is 0 Å². The lowest BCUT2D eigenvalue weighted by Crippen LogP contribution is -2.49. The summed E-state index contributed by atoms with van der Waals surface area (Å²) in [6.45, 7) is 3.16. The molecular formula is C35H31F5N4O6. The average molecular weight is 699 g/mol. The molecule has 0 spiro atoms. The number of piperazine rings is 1. The summed E-state index contributed by atoms with van der Waals surface area (Å²) in [5.41, 5.74) is 1.26. The molecule has 0 bridgehead atoms. The van der Waals surface area contributed by atoms with E-state index in [4.69, 9.17) is 9.47 Å². The Morgan fingerprint density at radius 3 is 2.10 bits per heavy atom. The smallest absolute Gasteiger partial charge is 0.269 e. The van der Waals surface area contributed by atoms with E-state index in [2.05, 4.69) is 15.1 Å². The maximum absolute atomic E-state index is 14.3. The monoisotopic (exact) mass is 698 g/mol. The molecule has 3 atom stereocenters. The van der Waals surface area contributed by atoms with Crippen LogP contribution in [-0.2, 0) is 16.1 Å². The molecule has 0 aliphatic carbocycles. The Kier molecular flexibility index (Phi) is 10.4. The average Bonchev–Trinajstić information content (AvgIpc) is 3.13. The standard InChI is InChI=1S/C35H31F5N4O6/c36-29-28(30(37)32(39)33(40)31(29)38)34(46)41-23-3-1-2-22(16-23)35-49-26(17-27(50-35)21-6-4-20(19-45)5-7-21)18-42-12-14-43(15-13-42)24-8-10-25(11-9-24)44(47)48/h1-11,16,26-27,35,45H,12-15,17-19H2,(H,41,46). The molecule has 2 saturated heterocycles. The molecule has 3 unspecified atom stereocenters. The van der Waals surface area contributed by atoms with Crippen LogP contribution in [0.4, 0.5) is 39.0 Å². The summed E-state index contributed by atoms with van der Waals surface area (Å²) < 4.78 is 82.4. The molecule has 262 valence electrons. The number of nitro groups is 1. The Bertz CT molecular complexity index is 1840. The fraction of sp³-hybridized carbons (Fsp3) is 0.286. The molecule has 10 nitrogen and oxygen atoms in total. The summed E-state index contributed by atoms with van der Waals surface area (Å²) >= 11 is 0. The Morgan fingerprint density at radius 2 is 1.48 bits per heavy atom. The van der Waals surface area contributed by atoms with Gasteiger partial charge in [-0.1, -0.05) is 36.4 Å². The van der Waals surface area contributed by atoms with Gasteiger partial charge in [0, 0.05) is 68.2 Å². The number of nitrogens with one attached hydrogen (secondary N) is 1. The second-order valence-corrected chi connectivity index (χ2v) is 11.9. The van der Waals surface area contributed by atoms with Crippen molar-refractivity contribution in [1.29, 1.82) is 0 Å². The van der Waals surface area contributed by atoms with Gasteiger partial charge in [-0.2, -0.15) is 0 Å². The molecule has 50 heavy (non-hydrogen) atoms. The van der Waals surface area contributed by atoms with Crippen LogP contribution in [0.3, 0.4) is 0 Å². The van der Waals surface area contributed by atoms with Gasteiger partial charge in [0.1, 0.15) is 5.56 Å². The molecular weight excluding hydrogens is 667 g/mol. The molecule has 2 heterocycles. The van der Waals surface area contributed by atoms with E-state index in [1.165, 1.54) is 30.3 Å². The van der Waals surface area contributed by atoms with Crippen LogP contribution in [0.2, 0.25) is 0 Å². The normalized spacial score (nSPS) is 19.7. The second kappa shape index (κ2) is 14.9. The number of aliphatic hydroxyl groups is 1. The van der Waals surface area contributed by atoms with Gasteiger partial charge < -0.3 is 24.8 Å². The number of carbonyl (C=O) groups excluding carboxylic acids is 1. The van der Waals surface area contributed by atoms with Crippen molar-refractivity contribution >= 4 is 23.0 Å². The topological polar surface area (TPSA) is 117 Å². The van der Waals surface area contributed by atoms with E-state index < -0.39 is 57.9 Å². The number of non-ortho nitro benzene ring substituents is 1. The maximum atomic E-state index is 14.3. The van der Waals surface area contributed by atoms with E-state index in [0.717, 1.165) is 16.8 Å². The summed E-state index contributed by atoms with van der Waals surface area (Å²) in [6, 6.07) is 19.6. The molecule has 2 aliphatic heterocycles. The summed E-state index contributed by atoms with van der Waals surface area (Å²) in [5.74, 6) is -12.9. The van der Waals surface area contributed by atoms with Crippen LogP contribution in [0.5, 0.6) is 0 Å². The van der Waals surface area contributed by atoms with Gasteiger partial charge in [-0.15, -0.1) is 0 Å².